The van der Waals surface area contributed by atoms with Crippen LogP contribution in [0.1, 0.15) is 12.8 Å². The molecule has 2 aliphatic rings. The Labute approximate surface area is 117 Å². The number of rotatable bonds is 1. The molecule has 2 aliphatic heterocycles. The SMILES string of the molecule is O=C1C2CCC(O2)C(=O)N1c1ccc(Br)c(Cl)c1. The lowest BCUT2D eigenvalue weighted by Crippen LogP contribution is -2.52. The first kappa shape index (κ1) is 12.1. The first-order valence-corrected chi connectivity index (χ1v) is 6.73. The standard InChI is InChI=1S/C12H9BrClNO3/c13-7-2-1-6(5-8(7)14)15-11(16)9-3-4-10(18-9)12(15)17/h1-2,5,9-10H,3-4H2. The van der Waals surface area contributed by atoms with Crippen molar-refractivity contribution in [1.82, 2.24) is 0 Å². The van der Waals surface area contributed by atoms with Gasteiger partial charge >= 0.3 is 0 Å². The number of imide groups is 1. The van der Waals surface area contributed by atoms with E-state index in [1.165, 1.54) is 4.90 Å². The largest absolute Gasteiger partial charge is 0.355 e. The van der Waals surface area contributed by atoms with Crippen LogP contribution in [0.2, 0.25) is 5.02 Å². The molecular formula is C12H9BrClNO3. The fraction of sp³-hybridized carbons (Fsp3) is 0.333. The number of carbonyl (C=O) groups is 2. The lowest BCUT2D eigenvalue weighted by Gasteiger charge is -2.30. The van der Waals surface area contributed by atoms with Crippen LogP contribution in [0.3, 0.4) is 0 Å². The predicted molar refractivity (Wildman–Crippen MR) is 69.5 cm³/mol. The molecule has 0 saturated carbocycles. The van der Waals surface area contributed by atoms with Crippen molar-refractivity contribution in [1.29, 1.82) is 0 Å². The average Bonchev–Trinajstić information content (AvgIpc) is 2.78. The molecule has 2 fully saturated rings. The molecule has 2 amide bonds. The fourth-order valence-electron chi connectivity index (χ4n) is 2.28. The van der Waals surface area contributed by atoms with E-state index in [1.54, 1.807) is 18.2 Å². The third-order valence-corrected chi connectivity index (χ3v) is 4.41. The quantitative estimate of drug-likeness (QED) is 0.743. The molecule has 4 nitrogen and oxygen atoms in total. The Morgan fingerprint density at radius 1 is 1.22 bits per heavy atom. The number of halogens is 2. The highest BCUT2D eigenvalue weighted by Gasteiger charge is 2.47. The van der Waals surface area contributed by atoms with Gasteiger partial charge < -0.3 is 4.74 Å². The molecule has 1 aromatic rings. The zero-order valence-corrected chi connectivity index (χ0v) is 11.6. The fourth-order valence-corrected chi connectivity index (χ4v) is 2.70. The van der Waals surface area contributed by atoms with Crippen LogP contribution in [0.15, 0.2) is 22.7 Å². The molecule has 2 heterocycles. The van der Waals surface area contributed by atoms with Crippen LogP contribution in [0.25, 0.3) is 0 Å². The maximum Gasteiger partial charge on any atom is 0.262 e. The van der Waals surface area contributed by atoms with Crippen LogP contribution in [0.5, 0.6) is 0 Å². The number of anilines is 1. The Morgan fingerprint density at radius 3 is 2.39 bits per heavy atom. The molecule has 0 spiro atoms. The third kappa shape index (κ3) is 1.77. The molecule has 18 heavy (non-hydrogen) atoms. The van der Waals surface area contributed by atoms with E-state index in [0.29, 0.717) is 23.6 Å². The van der Waals surface area contributed by atoms with Crippen LogP contribution in [-0.2, 0) is 14.3 Å². The van der Waals surface area contributed by atoms with E-state index in [2.05, 4.69) is 15.9 Å². The normalized spacial score (nSPS) is 26.9. The second-order valence-corrected chi connectivity index (χ2v) is 5.56. The van der Waals surface area contributed by atoms with Crippen molar-refractivity contribution in [2.24, 2.45) is 0 Å². The molecular weight excluding hydrogens is 321 g/mol. The van der Waals surface area contributed by atoms with Crippen LogP contribution >= 0.6 is 27.5 Å². The Balaban J connectivity index is 2.02. The van der Waals surface area contributed by atoms with Gasteiger partial charge in [0.25, 0.3) is 11.8 Å². The number of hydrogen-bond acceptors (Lipinski definition) is 3. The monoisotopic (exact) mass is 329 g/mol. The van der Waals surface area contributed by atoms with Gasteiger partial charge in [0, 0.05) is 4.47 Å². The van der Waals surface area contributed by atoms with Crippen molar-refractivity contribution in [3.8, 4) is 0 Å². The van der Waals surface area contributed by atoms with E-state index in [0.717, 1.165) is 4.47 Å². The number of benzene rings is 1. The summed E-state index contributed by atoms with van der Waals surface area (Å²) in [5, 5.41) is 0.465. The minimum absolute atomic E-state index is 0.299. The highest BCUT2D eigenvalue weighted by molar-refractivity contribution is 9.10. The van der Waals surface area contributed by atoms with Crippen molar-refractivity contribution in [2.75, 3.05) is 4.90 Å². The second-order valence-electron chi connectivity index (χ2n) is 4.30. The maximum atomic E-state index is 12.1. The minimum Gasteiger partial charge on any atom is -0.355 e. The van der Waals surface area contributed by atoms with E-state index in [9.17, 15) is 9.59 Å². The van der Waals surface area contributed by atoms with Crippen molar-refractivity contribution in [3.63, 3.8) is 0 Å². The van der Waals surface area contributed by atoms with Crippen LogP contribution in [0.4, 0.5) is 5.69 Å². The van der Waals surface area contributed by atoms with Gasteiger partial charge in [0.2, 0.25) is 0 Å². The van der Waals surface area contributed by atoms with Gasteiger partial charge in [-0.1, -0.05) is 11.6 Å². The Kier molecular flexibility index (Phi) is 2.92. The number of hydrogen-bond donors (Lipinski definition) is 0. The number of carbonyl (C=O) groups excluding carboxylic acids is 2. The van der Waals surface area contributed by atoms with Gasteiger partial charge in [-0.05, 0) is 47.0 Å². The molecule has 0 N–H and O–H groups in total. The number of morpholine rings is 1. The summed E-state index contributed by atoms with van der Waals surface area (Å²) in [4.78, 5) is 25.4. The van der Waals surface area contributed by atoms with Crippen LogP contribution in [-0.4, -0.2) is 24.0 Å². The summed E-state index contributed by atoms with van der Waals surface area (Å²) in [7, 11) is 0. The lowest BCUT2D eigenvalue weighted by molar-refractivity contribution is -0.146. The topological polar surface area (TPSA) is 46.6 Å². The van der Waals surface area contributed by atoms with Gasteiger partial charge in [-0.2, -0.15) is 0 Å². The zero-order valence-electron chi connectivity index (χ0n) is 9.23. The van der Waals surface area contributed by atoms with Gasteiger partial charge in [0.1, 0.15) is 12.2 Å². The molecule has 0 aromatic heterocycles. The predicted octanol–water partition coefficient (Wildman–Crippen LogP) is 2.52. The summed E-state index contributed by atoms with van der Waals surface area (Å²) >= 11 is 9.26. The highest BCUT2D eigenvalue weighted by atomic mass is 79.9. The lowest BCUT2D eigenvalue weighted by atomic mass is 10.2. The summed E-state index contributed by atoms with van der Waals surface area (Å²) < 4.78 is 6.07. The minimum atomic E-state index is -0.491. The average molecular weight is 331 g/mol. The molecule has 0 radical (unpaired) electrons. The zero-order chi connectivity index (χ0) is 12.9. The highest BCUT2D eigenvalue weighted by Crippen LogP contribution is 2.34. The third-order valence-electron chi connectivity index (χ3n) is 3.17. The molecule has 1 aromatic carbocycles. The van der Waals surface area contributed by atoms with E-state index in [-0.39, 0.29) is 11.8 Å². The molecule has 6 heteroatoms. The summed E-state index contributed by atoms with van der Waals surface area (Å²) in [5.74, 6) is -0.598. The van der Waals surface area contributed by atoms with Crippen molar-refractivity contribution in [3.05, 3.63) is 27.7 Å². The summed E-state index contributed by atoms with van der Waals surface area (Å²) in [6, 6.07) is 5.01. The van der Waals surface area contributed by atoms with Crippen molar-refractivity contribution in [2.45, 2.75) is 25.0 Å². The van der Waals surface area contributed by atoms with E-state index in [4.69, 9.17) is 16.3 Å². The van der Waals surface area contributed by atoms with Crippen molar-refractivity contribution >= 4 is 45.0 Å². The molecule has 94 valence electrons. The van der Waals surface area contributed by atoms with Gasteiger partial charge in [0.05, 0.1) is 10.7 Å². The first-order valence-electron chi connectivity index (χ1n) is 5.56. The molecule has 0 aliphatic carbocycles. The Bertz CT molecular complexity index is 526. The number of fused-ring (bicyclic) bond motifs is 2. The number of ether oxygens (including phenoxy) is 1. The molecule has 2 atom stereocenters. The van der Waals surface area contributed by atoms with E-state index in [1.807, 2.05) is 0 Å². The molecule has 3 rings (SSSR count). The molecule has 2 bridgehead atoms. The van der Waals surface area contributed by atoms with Crippen LogP contribution in [0, 0.1) is 0 Å². The smallest absolute Gasteiger partial charge is 0.262 e. The van der Waals surface area contributed by atoms with Gasteiger partial charge in [0.15, 0.2) is 0 Å². The summed E-state index contributed by atoms with van der Waals surface area (Å²) in [6.07, 6.45) is 0.233. The number of amides is 2. The van der Waals surface area contributed by atoms with Crippen molar-refractivity contribution < 1.29 is 14.3 Å². The van der Waals surface area contributed by atoms with Gasteiger partial charge in [-0.25, -0.2) is 4.90 Å². The van der Waals surface area contributed by atoms with Gasteiger partial charge in [-0.3, -0.25) is 9.59 Å². The number of nitrogens with zero attached hydrogens (tertiary/aromatic N) is 1. The second kappa shape index (κ2) is 4.33. The summed E-state index contributed by atoms with van der Waals surface area (Å²) in [6.45, 7) is 0. The van der Waals surface area contributed by atoms with E-state index < -0.39 is 12.2 Å². The van der Waals surface area contributed by atoms with Crippen LogP contribution < -0.4 is 4.90 Å². The Hall–Kier alpha value is -0.910. The maximum absolute atomic E-state index is 12.1. The first-order chi connectivity index (χ1) is 8.58. The molecule has 2 unspecified atom stereocenters. The van der Waals surface area contributed by atoms with E-state index >= 15 is 0 Å². The van der Waals surface area contributed by atoms with Gasteiger partial charge in [-0.15, -0.1) is 0 Å². The summed E-state index contributed by atoms with van der Waals surface area (Å²) in [5.41, 5.74) is 0.499. The Morgan fingerprint density at radius 2 is 1.83 bits per heavy atom. The molecule has 2 saturated heterocycles.